The van der Waals surface area contributed by atoms with Gasteiger partial charge in [0, 0.05) is 40.7 Å². The number of hydrogen-bond acceptors (Lipinski definition) is 3. The van der Waals surface area contributed by atoms with Crippen LogP contribution in [0.4, 0.5) is 5.69 Å². The molecule has 0 atom stereocenters. The number of aromatic nitrogens is 2. The molecule has 2 aromatic heterocycles. The molecule has 0 saturated heterocycles. The third kappa shape index (κ3) is 3.06. The summed E-state index contributed by atoms with van der Waals surface area (Å²) < 4.78 is 0. The highest BCUT2D eigenvalue weighted by molar-refractivity contribution is 6.18. The number of rotatable bonds is 1. The van der Waals surface area contributed by atoms with Crippen molar-refractivity contribution < 1.29 is 0 Å². The zero-order valence-electron chi connectivity index (χ0n) is 16.7. The summed E-state index contributed by atoms with van der Waals surface area (Å²) in [6.45, 7) is 0. The summed E-state index contributed by atoms with van der Waals surface area (Å²) in [5, 5.41) is 2.19. The Kier molecular flexibility index (Phi) is 4.08. The van der Waals surface area contributed by atoms with Gasteiger partial charge in [0.2, 0.25) is 0 Å². The monoisotopic (exact) mass is 395 g/mol. The number of benzene rings is 3. The van der Waals surface area contributed by atoms with Gasteiger partial charge >= 0.3 is 0 Å². The molecule has 0 amide bonds. The number of hydrogen-bond donors (Lipinski definition) is 0. The first-order chi connectivity index (χ1) is 15.4. The van der Waals surface area contributed by atoms with Crippen LogP contribution in [0.5, 0.6) is 0 Å². The van der Waals surface area contributed by atoms with E-state index in [0.717, 1.165) is 56.3 Å². The molecule has 3 heteroatoms. The number of aliphatic imine (C=N–C) groups is 1. The van der Waals surface area contributed by atoms with Gasteiger partial charge in [-0.3, -0.25) is 15.0 Å². The van der Waals surface area contributed by atoms with E-state index < -0.39 is 0 Å². The summed E-state index contributed by atoms with van der Waals surface area (Å²) in [5.74, 6) is 6.45. The first-order valence-corrected chi connectivity index (χ1v) is 10.3. The minimum Gasteiger partial charge on any atom is -0.254 e. The number of fused-ring (bicyclic) bond motifs is 6. The van der Waals surface area contributed by atoms with Crippen LogP contribution in [0.2, 0.25) is 0 Å². The van der Waals surface area contributed by atoms with Gasteiger partial charge in [0.15, 0.2) is 0 Å². The van der Waals surface area contributed by atoms with Crippen LogP contribution in [0.1, 0.15) is 22.3 Å². The van der Waals surface area contributed by atoms with E-state index >= 15 is 0 Å². The Labute approximate surface area is 180 Å². The minimum absolute atomic E-state index is 0.789. The zero-order valence-corrected chi connectivity index (χ0v) is 16.7. The lowest BCUT2D eigenvalue weighted by Gasteiger charge is -2.08. The van der Waals surface area contributed by atoms with Crippen LogP contribution >= 0.6 is 0 Å². The Morgan fingerprint density at radius 3 is 2.00 bits per heavy atom. The first kappa shape index (κ1) is 17.6. The Balaban J connectivity index is 1.39. The Bertz CT molecular complexity index is 1540. The molecule has 0 N–H and O–H groups in total. The van der Waals surface area contributed by atoms with E-state index in [4.69, 9.17) is 4.99 Å². The van der Waals surface area contributed by atoms with Gasteiger partial charge in [-0.1, -0.05) is 48.2 Å². The average molecular weight is 395 g/mol. The average Bonchev–Trinajstić information content (AvgIpc) is 3.30. The van der Waals surface area contributed by atoms with Gasteiger partial charge < -0.3 is 0 Å². The number of nitrogens with zero attached hydrogens (tertiary/aromatic N) is 3. The quantitative estimate of drug-likeness (QED) is 0.263. The van der Waals surface area contributed by atoms with Crippen molar-refractivity contribution >= 4 is 33.2 Å². The normalized spacial score (nSPS) is 12.3. The third-order valence-electron chi connectivity index (χ3n) is 5.64. The maximum absolute atomic E-state index is 5.04. The van der Waals surface area contributed by atoms with Crippen molar-refractivity contribution in [1.82, 2.24) is 9.97 Å². The van der Waals surface area contributed by atoms with Crippen molar-refractivity contribution in [3.8, 4) is 11.8 Å². The third-order valence-corrected chi connectivity index (χ3v) is 5.64. The van der Waals surface area contributed by atoms with Crippen LogP contribution in [0.25, 0.3) is 21.8 Å². The smallest absolute Gasteiger partial charge is 0.0986 e. The molecule has 31 heavy (non-hydrogen) atoms. The van der Waals surface area contributed by atoms with Crippen molar-refractivity contribution in [2.45, 2.75) is 6.42 Å². The van der Waals surface area contributed by atoms with Crippen molar-refractivity contribution in [2.75, 3.05) is 0 Å². The van der Waals surface area contributed by atoms with Crippen LogP contribution in [-0.2, 0) is 6.42 Å². The van der Waals surface area contributed by atoms with E-state index in [9.17, 15) is 0 Å². The molecule has 3 heterocycles. The summed E-state index contributed by atoms with van der Waals surface area (Å²) in [7, 11) is 0. The molecule has 3 aromatic carbocycles. The fourth-order valence-corrected chi connectivity index (χ4v) is 4.14. The highest BCUT2D eigenvalue weighted by Crippen LogP contribution is 2.40. The van der Waals surface area contributed by atoms with Gasteiger partial charge in [0.25, 0.3) is 0 Å². The van der Waals surface area contributed by atoms with Crippen LogP contribution in [-0.4, -0.2) is 15.7 Å². The predicted octanol–water partition coefficient (Wildman–Crippen LogP) is 5.86. The lowest BCUT2D eigenvalue weighted by atomic mass is 9.97. The van der Waals surface area contributed by atoms with E-state index in [1.54, 1.807) is 0 Å². The molecule has 144 valence electrons. The second kappa shape index (κ2) is 7.19. The van der Waals surface area contributed by atoms with Crippen molar-refractivity contribution in [3.63, 3.8) is 0 Å². The summed E-state index contributed by atoms with van der Waals surface area (Å²) in [5.41, 5.74) is 8.30. The molecule has 1 aliphatic rings. The highest BCUT2D eigenvalue weighted by Gasteiger charge is 2.22. The SMILES string of the molecule is C(#Cc1ccc(C2=Nc3c(c4cccnc4c4ncccc34)C2)cc1)c1ccccc1. The molecule has 0 unspecified atom stereocenters. The van der Waals surface area contributed by atoms with Gasteiger partial charge in [0.1, 0.15) is 0 Å². The molecule has 0 aliphatic carbocycles. The molecule has 0 saturated carbocycles. The molecule has 6 rings (SSSR count). The topological polar surface area (TPSA) is 38.1 Å². The lowest BCUT2D eigenvalue weighted by Crippen LogP contribution is -2.00. The van der Waals surface area contributed by atoms with E-state index in [1.807, 2.05) is 54.9 Å². The Morgan fingerprint density at radius 2 is 1.26 bits per heavy atom. The molecule has 3 nitrogen and oxygen atoms in total. The lowest BCUT2D eigenvalue weighted by molar-refractivity contribution is 1.35. The molecule has 0 fully saturated rings. The predicted molar refractivity (Wildman–Crippen MR) is 126 cm³/mol. The fraction of sp³-hybridized carbons (Fsp3) is 0.0357. The maximum Gasteiger partial charge on any atom is 0.0986 e. The van der Waals surface area contributed by atoms with Crippen molar-refractivity contribution in [2.24, 2.45) is 4.99 Å². The summed E-state index contributed by atoms with van der Waals surface area (Å²) >= 11 is 0. The molecular formula is C28H17N3. The van der Waals surface area contributed by atoms with Gasteiger partial charge in [-0.15, -0.1) is 0 Å². The fourth-order valence-electron chi connectivity index (χ4n) is 4.14. The van der Waals surface area contributed by atoms with Gasteiger partial charge in [-0.05, 0) is 53.6 Å². The number of pyridine rings is 2. The highest BCUT2D eigenvalue weighted by atomic mass is 14.8. The van der Waals surface area contributed by atoms with E-state index in [2.05, 4.69) is 58.2 Å². The zero-order chi connectivity index (χ0) is 20.6. The Morgan fingerprint density at radius 1 is 0.613 bits per heavy atom. The van der Waals surface area contributed by atoms with Gasteiger partial charge in [-0.2, -0.15) is 0 Å². The second-order valence-electron chi connectivity index (χ2n) is 7.55. The standard InChI is InChI=1S/C28H17N3/c1-2-6-19(7-3-1)10-11-20-12-14-21(15-13-20)25-18-24-22-8-4-16-29-27(22)28-23(26(24)31-25)9-5-17-30-28/h1-9,12-17H,18H2. The van der Waals surface area contributed by atoms with Crippen LogP contribution < -0.4 is 0 Å². The largest absolute Gasteiger partial charge is 0.254 e. The molecule has 5 aromatic rings. The first-order valence-electron chi connectivity index (χ1n) is 10.3. The van der Waals surface area contributed by atoms with Gasteiger partial charge in [-0.25, -0.2) is 0 Å². The molecule has 0 spiro atoms. The van der Waals surface area contributed by atoms with Crippen LogP contribution in [0, 0.1) is 11.8 Å². The van der Waals surface area contributed by atoms with Gasteiger partial charge in [0.05, 0.1) is 22.4 Å². The minimum atomic E-state index is 0.789. The maximum atomic E-state index is 5.04. The van der Waals surface area contributed by atoms with E-state index in [0.29, 0.717) is 0 Å². The molecule has 1 aliphatic heterocycles. The van der Waals surface area contributed by atoms with Crippen LogP contribution in [0.3, 0.4) is 0 Å². The van der Waals surface area contributed by atoms with Crippen LogP contribution in [0.15, 0.2) is 96.2 Å². The molecular weight excluding hydrogens is 378 g/mol. The second-order valence-corrected chi connectivity index (χ2v) is 7.55. The molecule has 0 radical (unpaired) electrons. The molecule has 0 bridgehead atoms. The Hall–Kier alpha value is -4.29. The summed E-state index contributed by atoms with van der Waals surface area (Å²) in [6.07, 6.45) is 4.43. The van der Waals surface area contributed by atoms with Crippen molar-refractivity contribution in [1.29, 1.82) is 0 Å². The van der Waals surface area contributed by atoms with E-state index in [-0.39, 0.29) is 0 Å². The van der Waals surface area contributed by atoms with E-state index in [1.165, 1.54) is 5.56 Å². The summed E-state index contributed by atoms with van der Waals surface area (Å²) in [4.78, 5) is 14.2. The summed E-state index contributed by atoms with van der Waals surface area (Å²) in [6, 6.07) is 26.5. The van der Waals surface area contributed by atoms with Crippen molar-refractivity contribution in [3.05, 3.63) is 114 Å².